The molecule has 5 rings (SSSR count). The van der Waals surface area contributed by atoms with E-state index in [9.17, 15) is 18.0 Å². The van der Waals surface area contributed by atoms with E-state index >= 15 is 9.18 Å². The van der Waals surface area contributed by atoms with Gasteiger partial charge in [-0.1, -0.05) is 48.3 Å². The van der Waals surface area contributed by atoms with Crippen LogP contribution in [0.5, 0.6) is 5.75 Å². The SMILES string of the molecule is COC(=O)c1ccc(NC(=O)CC2(C)CC(c3cccc(Cl)c3)C(c3ccc(Cl)c(F)c3)N(C(CS(=O)(=O)C(C)(C)C)C3CC3)C2=O)cc1OC. The lowest BCUT2D eigenvalue weighted by atomic mass is 9.66. The summed E-state index contributed by atoms with van der Waals surface area (Å²) in [6.45, 7) is 6.60. The van der Waals surface area contributed by atoms with Gasteiger partial charge in [0, 0.05) is 35.2 Å². The Kier molecular flexibility index (Phi) is 11.2. The van der Waals surface area contributed by atoms with Crippen LogP contribution in [0.1, 0.15) is 86.8 Å². The first kappa shape index (κ1) is 38.6. The van der Waals surface area contributed by atoms with Crippen molar-refractivity contribution < 1.29 is 36.7 Å². The lowest BCUT2D eigenvalue weighted by molar-refractivity contribution is -0.156. The third kappa shape index (κ3) is 8.21. The standard InChI is InChI=1S/C38H43Cl2FN2O7S/c1-37(2,3)51(47,48)21-31(22-10-11-22)43-34(24-12-15-29(40)30(41)17-24)28(23-8-7-9-25(39)16-23)19-38(4,36(43)46)20-33(44)42-26-13-14-27(35(45)50-6)32(18-26)49-5/h7-9,12-18,22,28,31,34H,10-11,19-21H2,1-6H3,(H,42,44). The zero-order valence-electron chi connectivity index (χ0n) is 29.5. The number of piperidine rings is 1. The number of ether oxygens (including phenoxy) is 2. The Labute approximate surface area is 308 Å². The van der Waals surface area contributed by atoms with Gasteiger partial charge in [0.1, 0.15) is 17.1 Å². The number of hydrogen-bond donors (Lipinski definition) is 1. The molecule has 2 fully saturated rings. The molecule has 9 nitrogen and oxygen atoms in total. The monoisotopic (exact) mass is 760 g/mol. The van der Waals surface area contributed by atoms with E-state index in [1.54, 1.807) is 56.9 Å². The molecule has 3 aromatic carbocycles. The van der Waals surface area contributed by atoms with E-state index in [4.69, 9.17) is 32.7 Å². The van der Waals surface area contributed by atoms with Gasteiger partial charge in [-0.15, -0.1) is 0 Å². The number of nitrogens with one attached hydrogen (secondary N) is 1. The van der Waals surface area contributed by atoms with Crippen molar-refractivity contribution in [2.75, 3.05) is 25.3 Å². The van der Waals surface area contributed by atoms with Crippen molar-refractivity contribution in [3.05, 3.63) is 93.2 Å². The molecule has 0 bridgehead atoms. The van der Waals surface area contributed by atoms with E-state index in [0.29, 0.717) is 16.3 Å². The van der Waals surface area contributed by atoms with Crippen LogP contribution in [0, 0.1) is 17.2 Å². The fourth-order valence-corrected chi connectivity index (χ4v) is 8.65. The first-order valence-corrected chi connectivity index (χ1v) is 19.1. The predicted molar refractivity (Wildman–Crippen MR) is 196 cm³/mol. The normalized spacial score (nSPS) is 21.6. The molecule has 2 aliphatic rings. The fraction of sp³-hybridized carbons (Fsp3) is 0.447. The first-order chi connectivity index (χ1) is 23.9. The quantitative estimate of drug-likeness (QED) is 0.197. The maximum Gasteiger partial charge on any atom is 0.341 e. The van der Waals surface area contributed by atoms with Crippen molar-refractivity contribution in [2.45, 2.75) is 76.1 Å². The van der Waals surface area contributed by atoms with Crippen LogP contribution in [0.3, 0.4) is 0 Å². The zero-order chi connectivity index (χ0) is 37.5. The Hall–Kier alpha value is -3.67. The molecular formula is C38H43Cl2FN2O7S. The molecule has 3 aromatic rings. The van der Waals surface area contributed by atoms with Crippen molar-refractivity contribution in [1.82, 2.24) is 4.90 Å². The van der Waals surface area contributed by atoms with Gasteiger partial charge in [-0.3, -0.25) is 9.59 Å². The molecule has 4 atom stereocenters. The van der Waals surface area contributed by atoms with E-state index in [1.807, 2.05) is 6.07 Å². The number of rotatable bonds is 11. The summed E-state index contributed by atoms with van der Waals surface area (Å²) in [5, 5.41) is 3.20. The molecule has 13 heteroatoms. The molecule has 1 aliphatic heterocycles. The highest BCUT2D eigenvalue weighted by atomic mass is 35.5. The minimum absolute atomic E-state index is 0.0847. The van der Waals surface area contributed by atoms with Gasteiger partial charge in [0.05, 0.1) is 41.2 Å². The molecule has 1 N–H and O–H groups in total. The topological polar surface area (TPSA) is 119 Å². The van der Waals surface area contributed by atoms with Crippen LogP contribution in [-0.2, 0) is 24.2 Å². The van der Waals surface area contributed by atoms with E-state index in [-0.39, 0.29) is 40.8 Å². The van der Waals surface area contributed by atoms with Gasteiger partial charge in [0.15, 0.2) is 9.84 Å². The van der Waals surface area contributed by atoms with Crippen LogP contribution in [0.4, 0.5) is 10.1 Å². The van der Waals surface area contributed by atoms with E-state index in [2.05, 4.69) is 5.32 Å². The molecule has 51 heavy (non-hydrogen) atoms. The number of sulfone groups is 1. The average molecular weight is 762 g/mol. The second-order valence-corrected chi connectivity index (χ2v) is 18.3. The summed E-state index contributed by atoms with van der Waals surface area (Å²) in [4.78, 5) is 42.7. The maximum absolute atomic E-state index is 15.2. The number of carbonyl (C=O) groups is 3. The number of amides is 2. The molecule has 1 saturated carbocycles. The predicted octanol–water partition coefficient (Wildman–Crippen LogP) is 8.01. The molecule has 274 valence electrons. The van der Waals surface area contributed by atoms with Gasteiger partial charge in [-0.25, -0.2) is 17.6 Å². The van der Waals surface area contributed by atoms with E-state index < -0.39 is 61.6 Å². The number of benzene rings is 3. The Morgan fingerprint density at radius 2 is 1.75 bits per heavy atom. The van der Waals surface area contributed by atoms with Crippen LogP contribution in [-0.4, -0.2) is 61.9 Å². The number of nitrogens with zero attached hydrogens (tertiary/aromatic N) is 1. The van der Waals surface area contributed by atoms with Gasteiger partial charge in [-0.05, 0) is 93.5 Å². The lowest BCUT2D eigenvalue weighted by Gasteiger charge is -2.52. The van der Waals surface area contributed by atoms with Crippen molar-refractivity contribution in [2.24, 2.45) is 11.3 Å². The Bertz CT molecular complexity index is 1950. The highest BCUT2D eigenvalue weighted by molar-refractivity contribution is 7.92. The van der Waals surface area contributed by atoms with E-state index in [1.165, 1.54) is 44.6 Å². The number of likely N-dealkylation sites (tertiary alicyclic amines) is 1. The molecular weight excluding hydrogens is 718 g/mol. The van der Waals surface area contributed by atoms with Crippen molar-refractivity contribution in [3.63, 3.8) is 0 Å². The van der Waals surface area contributed by atoms with Gasteiger partial charge < -0.3 is 19.7 Å². The molecule has 1 saturated heterocycles. The van der Waals surface area contributed by atoms with Crippen molar-refractivity contribution >= 4 is 56.5 Å². The Morgan fingerprint density at radius 1 is 1.04 bits per heavy atom. The van der Waals surface area contributed by atoms with Gasteiger partial charge in [0.2, 0.25) is 11.8 Å². The molecule has 4 unspecified atom stereocenters. The number of halogens is 3. The summed E-state index contributed by atoms with van der Waals surface area (Å²) in [5.74, 6) is -2.89. The molecule has 2 amide bonds. The third-order valence-corrected chi connectivity index (χ3v) is 13.1. The first-order valence-electron chi connectivity index (χ1n) is 16.7. The highest BCUT2D eigenvalue weighted by Gasteiger charge is 2.55. The second-order valence-electron chi connectivity index (χ2n) is 14.7. The van der Waals surface area contributed by atoms with Crippen LogP contribution < -0.4 is 10.1 Å². The number of esters is 1. The van der Waals surface area contributed by atoms with Gasteiger partial charge >= 0.3 is 5.97 Å². The molecule has 0 radical (unpaired) electrons. The van der Waals surface area contributed by atoms with Crippen LogP contribution in [0.25, 0.3) is 0 Å². The smallest absolute Gasteiger partial charge is 0.341 e. The highest BCUT2D eigenvalue weighted by Crippen LogP contribution is 2.54. The minimum Gasteiger partial charge on any atom is -0.496 e. The summed E-state index contributed by atoms with van der Waals surface area (Å²) in [7, 11) is -1.10. The summed E-state index contributed by atoms with van der Waals surface area (Å²) in [6.07, 6.45) is 1.35. The second kappa shape index (κ2) is 14.8. The summed E-state index contributed by atoms with van der Waals surface area (Å²) < 4.78 is 51.9. The number of carbonyl (C=O) groups excluding carboxylic acids is 3. The van der Waals surface area contributed by atoms with Crippen molar-refractivity contribution in [3.8, 4) is 5.75 Å². The lowest BCUT2D eigenvalue weighted by Crippen LogP contribution is -2.59. The molecule has 1 heterocycles. The summed E-state index contributed by atoms with van der Waals surface area (Å²) in [6, 6.07) is 14.5. The van der Waals surface area contributed by atoms with Crippen LogP contribution >= 0.6 is 23.2 Å². The zero-order valence-corrected chi connectivity index (χ0v) is 31.8. The molecule has 0 aromatic heterocycles. The Morgan fingerprint density at radius 3 is 2.33 bits per heavy atom. The number of hydrogen-bond acceptors (Lipinski definition) is 7. The average Bonchev–Trinajstić information content (AvgIpc) is 3.91. The van der Waals surface area contributed by atoms with Gasteiger partial charge in [0.25, 0.3) is 0 Å². The van der Waals surface area contributed by atoms with Crippen LogP contribution in [0.2, 0.25) is 10.0 Å². The van der Waals surface area contributed by atoms with Gasteiger partial charge in [-0.2, -0.15) is 0 Å². The molecule has 1 aliphatic carbocycles. The maximum atomic E-state index is 15.2. The number of anilines is 1. The third-order valence-electron chi connectivity index (χ3n) is 9.95. The van der Waals surface area contributed by atoms with Crippen molar-refractivity contribution in [1.29, 1.82) is 0 Å². The largest absolute Gasteiger partial charge is 0.496 e. The number of methoxy groups -OCH3 is 2. The van der Waals surface area contributed by atoms with Crippen LogP contribution in [0.15, 0.2) is 60.7 Å². The fourth-order valence-electron chi connectivity index (χ4n) is 6.95. The summed E-state index contributed by atoms with van der Waals surface area (Å²) in [5.41, 5.74) is 0.393. The Balaban J connectivity index is 1.62. The molecule has 0 spiro atoms. The summed E-state index contributed by atoms with van der Waals surface area (Å²) >= 11 is 12.6. The minimum atomic E-state index is -3.74. The van der Waals surface area contributed by atoms with E-state index in [0.717, 1.165) is 18.4 Å².